The van der Waals surface area contributed by atoms with Crippen molar-refractivity contribution in [2.75, 3.05) is 17.8 Å². The zero-order valence-corrected chi connectivity index (χ0v) is 22.6. The van der Waals surface area contributed by atoms with Crippen LogP contribution in [0.15, 0.2) is 64.4 Å². The fourth-order valence-corrected chi connectivity index (χ4v) is 6.94. The number of benzene rings is 3. The Morgan fingerprint density at radius 2 is 1.61 bits per heavy atom. The van der Waals surface area contributed by atoms with Gasteiger partial charge in [-0.15, -0.1) is 0 Å². The Balaban J connectivity index is 1.81. The number of rotatable bonds is 8. The summed E-state index contributed by atoms with van der Waals surface area (Å²) in [4.78, 5) is 9.25. The van der Waals surface area contributed by atoms with E-state index in [0.29, 0.717) is 43.1 Å². The number of nitrogens with zero attached hydrogens (tertiary/aromatic N) is 2. The van der Waals surface area contributed by atoms with E-state index >= 15 is 0 Å². The van der Waals surface area contributed by atoms with E-state index in [9.17, 15) is 31.3 Å². The average molecular weight is 604 g/mol. The number of anilines is 1. The molecule has 0 amide bonds. The quantitative estimate of drug-likeness (QED) is 0.253. The highest BCUT2D eigenvalue weighted by atomic mass is 35.5. The summed E-state index contributed by atoms with van der Waals surface area (Å²) in [5, 5.41) is 11.2. The van der Waals surface area contributed by atoms with Crippen LogP contribution in [0, 0.1) is 15.9 Å². The van der Waals surface area contributed by atoms with Crippen molar-refractivity contribution in [1.82, 2.24) is 4.31 Å². The van der Waals surface area contributed by atoms with Gasteiger partial charge in [-0.2, -0.15) is 4.31 Å². The van der Waals surface area contributed by atoms with Gasteiger partial charge in [0.1, 0.15) is 11.6 Å². The zero-order chi connectivity index (χ0) is 27.7. The Labute approximate surface area is 228 Å². The van der Waals surface area contributed by atoms with E-state index < -0.39 is 46.4 Å². The standard InChI is InChI=1S/C23H20Cl2FN3O7S2/c24-15-4-6-16(7-5-15)36-22-9-8-17(38(34,35)28-10-2-1-3-11-28)12-20(22)27-37(32,33)23-13-18(25)19(26)14-21(23)29(30)31/h4-9,12-14,27H,1-3,10-11H2. The van der Waals surface area contributed by atoms with Crippen molar-refractivity contribution in [3.8, 4) is 11.5 Å². The highest BCUT2D eigenvalue weighted by Crippen LogP contribution is 2.37. The van der Waals surface area contributed by atoms with Crippen LogP contribution in [-0.2, 0) is 20.0 Å². The van der Waals surface area contributed by atoms with Crippen molar-refractivity contribution in [1.29, 1.82) is 0 Å². The summed E-state index contributed by atoms with van der Waals surface area (Å²) in [6.45, 7) is 0.624. The van der Waals surface area contributed by atoms with Crippen LogP contribution in [0.3, 0.4) is 0 Å². The molecule has 0 radical (unpaired) electrons. The van der Waals surface area contributed by atoms with E-state index in [1.807, 2.05) is 0 Å². The van der Waals surface area contributed by atoms with Gasteiger partial charge in [0.05, 0.1) is 26.6 Å². The Bertz CT molecular complexity index is 1600. The van der Waals surface area contributed by atoms with Crippen molar-refractivity contribution in [3.63, 3.8) is 0 Å². The molecule has 0 aromatic heterocycles. The molecule has 3 aromatic carbocycles. The van der Waals surface area contributed by atoms with Crippen molar-refractivity contribution in [2.24, 2.45) is 0 Å². The molecule has 0 atom stereocenters. The minimum absolute atomic E-state index is 0.107. The number of piperidine rings is 1. The molecular weight excluding hydrogens is 584 g/mol. The van der Waals surface area contributed by atoms with Crippen LogP contribution in [0.1, 0.15) is 19.3 Å². The molecule has 0 spiro atoms. The summed E-state index contributed by atoms with van der Waals surface area (Å²) in [6.07, 6.45) is 2.26. The summed E-state index contributed by atoms with van der Waals surface area (Å²) in [5.41, 5.74) is -1.38. The van der Waals surface area contributed by atoms with Gasteiger partial charge in [-0.1, -0.05) is 29.6 Å². The first kappa shape index (κ1) is 28.0. The Hall–Kier alpha value is -2.97. The first-order valence-electron chi connectivity index (χ1n) is 11.1. The number of nitro benzene ring substituents is 1. The van der Waals surface area contributed by atoms with Crippen LogP contribution in [-0.4, -0.2) is 39.2 Å². The van der Waals surface area contributed by atoms with Gasteiger partial charge in [0, 0.05) is 18.1 Å². The molecular formula is C23H20Cl2FN3O7S2. The van der Waals surface area contributed by atoms with Gasteiger partial charge < -0.3 is 4.74 Å². The van der Waals surface area contributed by atoms with Crippen molar-refractivity contribution in [3.05, 3.63) is 80.6 Å². The third-order valence-electron chi connectivity index (χ3n) is 5.68. The molecule has 0 aliphatic carbocycles. The minimum Gasteiger partial charge on any atom is -0.455 e. The lowest BCUT2D eigenvalue weighted by molar-refractivity contribution is -0.388. The summed E-state index contributed by atoms with van der Waals surface area (Å²) in [6, 6.07) is 10.6. The number of nitro groups is 1. The molecule has 1 heterocycles. The smallest absolute Gasteiger partial charge is 0.292 e. The fourth-order valence-electron chi connectivity index (χ4n) is 3.80. The predicted octanol–water partition coefficient (Wildman–Crippen LogP) is 5.81. The first-order chi connectivity index (χ1) is 17.9. The number of ether oxygens (including phenoxy) is 1. The fraction of sp³-hybridized carbons (Fsp3) is 0.217. The second-order valence-corrected chi connectivity index (χ2v) is 12.7. The van der Waals surface area contributed by atoms with Crippen LogP contribution in [0.5, 0.6) is 11.5 Å². The topological polar surface area (TPSA) is 136 Å². The maximum atomic E-state index is 13.9. The van der Waals surface area contributed by atoms with Crippen LogP contribution in [0.2, 0.25) is 10.0 Å². The van der Waals surface area contributed by atoms with E-state index in [1.54, 1.807) is 0 Å². The average Bonchev–Trinajstić information content (AvgIpc) is 2.87. The molecule has 4 rings (SSSR count). The second-order valence-electron chi connectivity index (χ2n) is 8.28. The number of nitrogens with one attached hydrogen (secondary N) is 1. The Kier molecular flexibility index (Phi) is 8.14. The molecule has 0 bridgehead atoms. The number of hydrogen-bond acceptors (Lipinski definition) is 7. The molecule has 15 heteroatoms. The summed E-state index contributed by atoms with van der Waals surface area (Å²) < 4.78 is 76.1. The van der Waals surface area contributed by atoms with Gasteiger partial charge in [-0.05, 0) is 61.4 Å². The van der Waals surface area contributed by atoms with E-state index in [2.05, 4.69) is 4.72 Å². The van der Waals surface area contributed by atoms with Crippen LogP contribution in [0.4, 0.5) is 15.8 Å². The SMILES string of the molecule is O=[N+]([O-])c1cc(F)c(Cl)cc1S(=O)(=O)Nc1cc(S(=O)(=O)N2CCCCC2)ccc1Oc1ccc(Cl)cc1. The number of halogens is 3. The molecule has 0 unspecified atom stereocenters. The van der Waals surface area contributed by atoms with Crippen molar-refractivity contribution in [2.45, 2.75) is 29.1 Å². The normalized spacial score (nSPS) is 14.7. The largest absolute Gasteiger partial charge is 0.455 e. The van der Waals surface area contributed by atoms with E-state index in [0.717, 1.165) is 12.5 Å². The van der Waals surface area contributed by atoms with E-state index in [4.69, 9.17) is 27.9 Å². The Morgan fingerprint density at radius 1 is 0.947 bits per heavy atom. The molecule has 202 valence electrons. The van der Waals surface area contributed by atoms with Gasteiger partial charge >= 0.3 is 0 Å². The minimum atomic E-state index is -4.79. The molecule has 38 heavy (non-hydrogen) atoms. The zero-order valence-electron chi connectivity index (χ0n) is 19.4. The van der Waals surface area contributed by atoms with Crippen molar-refractivity contribution >= 4 is 54.6 Å². The third-order valence-corrected chi connectivity index (χ3v) is 9.51. The number of sulfonamides is 2. The van der Waals surface area contributed by atoms with Gasteiger partial charge in [-0.3, -0.25) is 14.8 Å². The van der Waals surface area contributed by atoms with Crippen LogP contribution in [0.25, 0.3) is 0 Å². The van der Waals surface area contributed by atoms with Gasteiger partial charge in [0.25, 0.3) is 15.7 Å². The molecule has 1 aliphatic heterocycles. The van der Waals surface area contributed by atoms with Gasteiger partial charge in [0.15, 0.2) is 10.6 Å². The molecule has 10 nitrogen and oxygen atoms in total. The Morgan fingerprint density at radius 3 is 2.24 bits per heavy atom. The summed E-state index contributed by atoms with van der Waals surface area (Å²) in [7, 11) is -8.78. The lowest BCUT2D eigenvalue weighted by Crippen LogP contribution is -2.35. The number of hydrogen-bond donors (Lipinski definition) is 1. The summed E-state index contributed by atoms with van der Waals surface area (Å²) >= 11 is 11.6. The van der Waals surface area contributed by atoms with Gasteiger partial charge in [0.2, 0.25) is 10.0 Å². The van der Waals surface area contributed by atoms with Crippen molar-refractivity contribution < 1.29 is 30.9 Å². The second kappa shape index (κ2) is 11.0. The highest BCUT2D eigenvalue weighted by molar-refractivity contribution is 7.93. The molecule has 1 aliphatic rings. The molecule has 1 fully saturated rings. The van der Waals surface area contributed by atoms with E-state index in [1.165, 1.54) is 40.7 Å². The summed E-state index contributed by atoms with van der Waals surface area (Å²) in [5.74, 6) is -1.04. The van der Waals surface area contributed by atoms with Crippen LogP contribution >= 0.6 is 23.2 Å². The maximum absolute atomic E-state index is 13.9. The molecule has 1 saturated heterocycles. The molecule has 0 saturated carbocycles. The maximum Gasteiger partial charge on any atom is 0.292 e. The molecule has 1 N–H and O–H groups in total. The van der Waals surface area contributed by atoms with E-state index in [-0.39, 0.29) is 22.1 Å². The lowest BCUT2D eigenvalue weighted by atomic mass is 10.2. The third kappa shape index (κ3) is 6.02. The molecule has 3 aromatic rings. The first-order valence-corrected chi connectivity index (χ1v) is 14.8. The highest BCUT2D eigenvalue weighted by Gasteiger charge is 2.31. The van der Waals surface area contributed by atoms with Gasteiger partial charge in [-0.25, -0.2) is 21.2 Å². The predicted molar refractivity (Wildman–Crippen MR) is 139 cm³/mol. The van der Waals surface area contributed by atoms with Crippen LogP contribution < -0.4 is 9.46 Å². The lowest BCUT2D eigenvalue weighted by Gasteiger charge is -2.26. The monoisotopic (exact) mass is 603 g/mol.